The number of hydrogen-bond donors (Lipinski definition) is 5. The number of hydrogen-bond acceptors (Lipinski definition) is 7. The van der Waals surface area contributed by atoms with Crippen LogP contribution in [-0.2, 0) is 4.74 Å². The number of fused-ring (bicyclic) bond motifs is 1. The maximum Gasteiger partial charge on any atom is 0.411 e. The summed E-state index contributed by atoms with van der Waals surface area (Å²) in [6.07, 6.45) is 5.24. The molecular formula is C29H30ClN7O4. The molecule has 3 heterocycles. The number of rotatable bonds is 9. The largest absolute Gasteiger partial charge is 0.449 e. The van der Waals surface area contributed by atoms with E-state index in [4.69, 9.17) is 21.3 Å². The Bertz CT molecular complexity index is 1740. The molecule has 5 N–H and O–H groups in total. The number of halogens is 1. The predicted octanol–water partition coefficient (Wildman–Crippen LogP) is 5.42. The molecule has 1 unspecified atom stereocenters. The van der Waals surface area contributed by atoms with Gasteiger partial charge in [0.25, 0.3) is 5.56 Å². The highest BCUT2D eigenvalue weighted by molar-refractivity contribution is 6.33. The van der Waals surface area contributed by atoms with Crippen molar-refractivity contribution in [3.05, 3.63) is 87.8 Å². The zero-order valence-electron chi connectivity index (χ0n) is 22.7. The lowest BCUT2D eigenvalue weighted by atomic mass is 10.1. The molecule has 1 atom stereocenters. The van der Waals surface area contributed by atoms with Crippen molar-refractivity contribution >= 4 is 40.1 Å². The van der Waals surface area contributed by atoms with Gasteiger partial charge in [0, 0.05) is 30.8 Å². The number of pyridine rings is 1. The molecule has 12 heteroatoms. The van der Waals surface area contributed by atoms with Crippen molar-refractivity contribution in [1.29, 1.82) is 0 Å². The summed E-state index contributed by atoms with van der Waals surface area (Å²) in [6.45, 7) is 6.21. The van der Waals surface area contributed by atoms with E-state index in [1.807, 2.05) is 43.7 Å². The topological polar surface area (TPSA) is 150 Å². The summed E-state index contributed by atoms with van der Waals surface area (Å²) in [4.78, 5) is 39.7. The molecule has 11 nitrogen and oxygen atoms in total. The molecule has 0 fully saturated rings. The lowest BCUT2D eigenvalue weighted by Crippen LogP contribution is -2.18. The number of aromatic nitrogens is 5. The molecule has 5 rings (SSSR count). The molecule has 0 saturated heterocycles. The van der Waals surface area contributed by atoms with Gasteiger partial charge in [-0.05, 0) is 54.3 Å². The fourth-order valence-electron chi connectivity index (χ4n) is 4.36. The smallest absolute Gasteiger partial charge is 0.411 e. The number of carbonyl (C=O) groups is 1. The van der Waals surface area contributed by atoms with Gasteiger partial charge in [-0.15, -0.1) is 0 Å². The number of carbonyl (C=O) groups excluding carboxylic acids is 1. The van der Waals surface area contributed by atoms with Gasteiger partial charge in [0.15, 0.2) is 0 Å². The van der Waals surface area contributed by atoms with Gasteiger partial charge < -0.3 is 29.7 Å². The highest BCUT2D eigenvalue weighted by atomic mass is 35.5. The van der Waals surface area contributed by atoms with Crippen LogP contribution in [0.15, 0.2) is 66.1 Å². The first-order valence-corrected chi connectivity index (χ1v) is 13.4. The Labute approximate surface area is 240 Å². The normalized spacial score (nSPS) is 12.0. The maximum absolute atomic E-state index is 12.9. The number of ether oxygens (including phenoxy) is 1. The average Bonchev–Trinajstić information content (AvgIpc) is 3.62. The van der Waals surface area contributed by atoms with E-state index < -0.39 is 12.2 Å². The van der Waals surface area contributed by atoms with Gasteiger partial charge >= 0.3 is 6.09 Å². The second-order valence-corrected chi connectivity index (χ2v) is 10.5. The Morgan fingerprint density at radius 3 is 2.76 bits per heavy atom. The molecule has 3 aromatic heterocycles. The standard InChI is InChI=1S/C29H30ClN7O4/c1-16(2)14-41-29(40)35-21-5-4-18(11-20(21)30)24(38)13-33-22-6-7-32-28(39)25(22)27-34-23-12-19(37-9-8-31-15-37)10-17(3)26(23)36-27/h4-12,15-16,24,38H,13-14H2,1-3H3,(H,34,36)(H,35,40)(H2,32,33,39). The van der Waals surface area contributed by atoms with E-state index in [1.165, 1.54) is 6.20 Å². The third-order valence-electron chi connectivity index (χ3n) is 6.41. The highest BCUT2D eigenvalue weighted by Gasteiger charge is 2.18. The summed E-state index contributed by atoms with van der Waals surface area (Å²) in [7, 11) is 0. The molecule has 212 valence electrons. The summed E-state index contributed by atoms with van der Waals surface area (Å²) in [5.74, 6) is 0.603. The van der Waals surface area contributed by atoms with E-state index in [0.717, 1.165) is 22.3 Å². The Kier molecular flexibility index (Phi) is 8.09. The van der Waals surface area contributed by atoms with Crippen molar-refractivity contribution in [1.82, 2.24) is 24.5 Å². The number of aliphatic hydroxyl groups excluding tert-OH is 1. The minimum Gasteiger partial charge on any atom is -0.449 e. The zero-order valence-corrected chi connectivity index (χ0v) is 23.5. The number of H-pyrrole nitrogens is 2. The molecule has 0 spiro atoms. The summed E-state index contributed by atoms with van der Waals surface area (Å²) in [6, 6.07) is 10.5. The molecule has 41 heavy (non-hydrogen) atoms. The zero-order chi connectivity index (χ0) is 29.1. The van der Waals surface area contributed by atoms with Crippen LogP contribution in [0.4, 0.5) is 16.2 Å². The first-order chi connectivity index (χ1) is 19.7. The number of aromatic amines is 2. The third-order valence-corrected chi connectivity index (χ3v) is 6.72. The van der Waals surface area contributed by atoms with Crippen LogP contribution in [0.2, 0.25) is 5.02 Å². The van der Waals surface area contributed by atoms with Gasteiger partial charge in [0.05, 0.1) is 46.5 Å². The van der Waals surface area contributed by atoms with Crippen LogP contribution in [0.1, 0.15) is 31.1 Å². The first-order valence-electron chi connectivity index (χ1n) is 13.1. The molecule has 0 aliphatic heterocycles. The van der Waals surface area contributed by atoms with E-state index in [1.54, 1.807) is 36.8 Å². The second kappa shape index (κ2) is 11.9. The fourth-order valence-corrected chi connectivity index (χ4v) is 4.60. The van der Waals surface area contributed by atoms with E-state index in [9.17, 15) is 14.7 Å². The van der Waals surface area contributed by atoms with Crippen LogP contribution in [0.5, 0.6) is 0 Å². The molecule has 5 aromatic rings. The lowest BCUT2D eigenvalue weighted by molar-refractivity contribution is 0.147. The Balaban J connectivity index is 1.34. The van der Waals surface area contributed by atoms with E-state index >= 15 is 0 Å². The van der Waals surface area contributed by atoms with Crippen molar-refractivity contribution < 1.29 is 14.6 Å². The number of nitrogens with zero attached hydrogens (tertiary/aromatic N) is 3. The molecule has 0 saturated carbocycles. The lowest BCUT2D eigenvalue weighted by Gasteiger charge is -2.16. The Morgan fingerprint density at radius 1 is 1.20 bits per heavy atom. The summed E-state index contributed by atoms with van der Waals surface area (Å²) < 4.78 is 7.02. The van der Waals surface area contributed by atoms with E-state index in [-0.39, 0.29) is 29.7 Å². The Morgan fingerprint density at radius 2 is 2.02 bits per heavy atom. The van der Waals surface area contributed by atoms with Crippen LogP contribution in [0, 0.1) is 12.8 Å². The predicted molar refractivity (Wildman–Crippen MR) is 159 cm³/mol. The molecule has 0 bridgehead atoms. The Hall–Kier alpha value is -4.61. The summed E-state index contributed by atoms with van der Waals surface area (Å²) in [5.41, 5.74) is 4.75. The summed E-state index contributed by atoms with van der Waals surface area (Å²) >= 11 is 6.35. The molecule has 0 aliphatic carbocycles. The highest BCUT2D eigenvalue weighted by Crippen LogP contribution is 2.29. The molecule has 1 amide bonds. The monoisotopic (exact) mass is 575 g/mol. The fraction of sp³-hybridized carbons (Fsp3) is 0.241. The number of anilines is 2. The minimum absolute atomic E-state index is 0.0834. The van der Waals surface area contributed by atoms with Crippen LogP contribution in [-0.4, -0.2) is 48.9 Å². The molecule has 2 aromatic carbocycles. The van der Waals surface area contributed by atoms with Crippen molar-refractivity contribution in [2.45, 2.75) is 26.9 Å². The minimum atomic E-state index is -0.961. The van der Waals surface area contributed by atoms with Crippen molar-refractivity contribution in [2.75, 3.05) is 23.8 Å². The number of benzene rings is 2. The van der Waals surface area contributed by atoms with Crippen LogP contribution in [0.3, 0.4) is 0 Å². The third kappa shape index (κ3) is 6.26. The van der Waals surface area contributed by atoms with Crippen molar-refractivity contribution in [2.24, 2.45) is 5.92 Å². The van der Waals surface area contributed by atoms with Gasteiger partial charge in [0.2, 0.25) is 0 Å². The van der Waals surface area contributed by atoms with Gasteiger partial charge in [-0.3, -0.25) is 10.1 Å². The molecular weight excluding hydrogens is 546 g/mol. The van der Waals surface area contributed by atoms with E-state index in [2.05, 4.69) is 25.6 Å². The van der Waals surface area contributed by atoms with Crippen LogP contribution < -0.4 is 16.2 Å². The molecule has 0 radical (unpaired) electrons. The van der Waals surface area contributed by atoms with Crippen molar-refractivity contribution in [3.63, 3.8) is 0 Å². The van der Waals surface area contributed by atoms with Gasteiger partial charge in [-0.1, -0.05) is 31.5 Å². The SMILES string of the molecule is Cc1cc(-n2ccnc2)cc2[nH]c(-c3c(NCC(O)c4ccc(NC(=O)OCC(C)C)c(Cl)c4)cc[nH]c3=O)nc12. The average molecular weight is 576 g/mol. The van der Waals surface area contributed by atoms with Crippen LogP contribution >= 0.6 is 11.6 Å². The van der Waals surface area contributed by atoms with Crippen LogP contribution in [0.25, 0.3) is 28.1 Å². The van der Waals surface area contributed by atoms with E-state index in [0.29, 0.717) is 28.3 Å². The summed E-state index contributed by atoms with van der Waals surface area (Å²) in [5, 5.41) is 16.9. The number of imidazole rings is 2. The van der Waals surface area contributed by atoms with Gasteiger partial charge in [0.1, 0.15) is 11.4 Å². The maximum atomic E-state index is 12.9. The van der Waals surface area contributed by atoms with Crippen molar-refractivity contribution in [3.8, 4) is 17.1 Å². The first kappa shape index (κ1) is 27.9. The number of aryl methyl sites for hydroxylation is 1. The molecule has 0 aliphatic rings. The number of aliphatic hydroxyl groups is 1. The van der Waals surface area contributed by atoms with Gasteiger partial charge in [-0.25, -0.2) is 14.8 Å². The number of nitrogens with one attached hydrogen (secondary N) is 4. The van der Waals surface area contributed by atoms with Gasteiger partial charge in [-0.2, -0.15) is 0 Å². The second-order valence-electron chi connectivity index (χ2n) is 10.1. The number of amides is 1. The quantitative estimate of drug-likeness (QED) is 0.157.